The number of Topliss-reactive ketones (excluding diaryl/α,β-unsaturated/α-hetero) is 1. The third-order valence-electron chi connectivity index (χ3n) is 19.1. The van der Waals surface area contributed by atoms with Crippen molar-refractivity contribution in [2.24, 2.45) is 73.7 Å². The van der Waals surface area contributed by atoms with Crippen molar-refractivity contribution in [1.29, 1.82) is 0 Å². The molecule has 344 valence electrons. The number of ether oxygens (including phenoxy) is 1. The summed E-state index contributed by atoms with van der Waals surface area (Å²) < 4.78 is 15.9. The molecule has 10 heteroatoms. The van der Waals surface area contributed by atoms with Gasteiger partial charge in [0, 0.05) is 40.4 Å². The molecule has 1 amide bonds. The Kier molecular flexibility index (Phi) is 12.7. The van der Waals surface area contributed by atoms with Gasteiger partial charge in [0.1, 0.15) is 6.10 Å². The molecule has 0 heterocycles. The van der Waals surface area contributed by atoms with Gasteiger partial charge in [-0.05, 0) is 165 Å². The predicted molar refractivity (Wildman–Crippen MR) is 245 cm³/mol. The Morgan fingerprint density at radius 3 is 2.26 bits per heavy atom. The van der Waals surface area contributed by atoms with E-state index in [2.05, 4.69) is 59.1 Å². The number of esters is 1. The van der Waals surface area contributed by atoms with Crippen LogP contribution in [0.3, 0.4) is 0 Å². The van der Waals surface area contributed by atoms with Crippen LogP contribution >= 0.6 is 11.6 Å². The Balaban J connectivity index is 1.07. The summed E-state index contributed by atoms with van der Waals surface area (Å²) in [4.78, 5) is 53.1. The molecule has 62 heavy (non-hydrogen) atoms. The van der Waals surface area contributed by atoms with Crippen LogP contribution in [0, 0.1) is 68.0 Å². The molecule has 0 radical (unpaired) electrons. The van der Waals surface area contributed by atoms with Crippen LogP contribution < -0.4 is 16.4 Å². The molecule has 6 aliphatic rings. The van der Waals surface area contributed by atoms with Crippen molar-refractivity contribution in [2.45, 2.75) is 164 Å². The molecule has 0 spiro atoms. The van der Waals surface area contributed by atoms with Gasteiger partial charge in [-0.3, -0.25) is 19.2 Å². The maximum atomic E-state index is 14.3. The number of hydrogen-bond acceptors (Lipinski definition) is 7. The van der Waals surface area contributed by atoms with Crippen molar-refractivity contribution in [3.63, 3.8) is 0 Å². The van der Waals surface area contributed by atoms with E-state index >= 15 is 0 Å². The molecule has 7 rings (SSSR count). The number of aliphatic carboxylic acids is 1. The largest absolute Gasteiger partial charge is 0.481 e. The third kappa shape index (κ3) is 7.81. The van der Waals surface area contributed by atoms with Crippen molar-refractivity contribution in [3.05, 3.63) is 46.0 Å². The lowest BCUT2D eigenvalue weighted by Crippen LogP contribution is -2.66. The molecule has 0 aliphatic heterocycles. The highest BCUT2D eigenvalue weighted by Gasteiger charge is 2.70. The molecule has 5 N–H and O–H groups in total. The average Bonchev–Trinajstić information content (AvgIpc) is 3.50. The van der Waals surface area contributed by atoms with Crippen LogP contribution in [-0.4, -0.2) is 60.5 Å². The van der Waals surface area contributed by atoms with E-state index in [1.54, 1.807) is 24.3 Å². The van der Waals surface area contributed by atoms with E-state index in [1.807, 2.05) is 13.8 Å². The Hall–Kier alpha value is -2.75. The third-order valence-corrected chi connectivity index (χ3v) is 19.3. The zero-order valence-electron chi connectivity index (χ0n) is 40.3. The number of carbonyl (C=O) groups excluding carboxylic acids is 3. The SMILES string of the molecule is [2H]C(CCCCN)(CNCC[C@@]12CC[C@]3(C)[C@H](CC[C@@H]4[C@@]5(C)CC[C@H](OC(=O)[C@H]6C[C@@H](C(=O)O)C6(C)C)C(C)(C)[C@@H]5CC[C@]43C)C1=C(C(C)C)C(=O)C2)NC(=O)c1ccc(Cl)cc1. The standard InChI is InChI=1S/C52H78ClN3O6/c1-31(2)42-38(57)29-52(25-27-55-30-34(12-10-11-26-54)56-44(58)32-13-15-33(53)16-14-32)24-23-50(8)35(43(42)52)17-18-40-49(7)21-20-41(48(5,6)39(49)19-22-51(40,50)9)62-46(61)37-28-36(45(59)60)47(37,3)4/h13-16,31,34-37,39-41,55H,10-12,17-30,54H2,1-9H3,(H,56,58)(H,59,60)/t34?,35-,36+,37-,39+,40-,41+,49+,50-,51-,52-/m1/s1/i34D. The second-order valence-electron chi connectivity index (χ2n) is 23.0. The van der Waals surface area contributed by atoms with Crippen molar-refractivity contribution < 1.29 is 30.4 Å². The quantitative estimate of drug-likeness (QED) is 0.101. The molecular formula is C52H78ClN3O6. The lowest BCUT2D eigenvalue weighted by Gasteiger charge is -2.72. The zero-order valence-corrected chi connectivity index (χ0v) is 40.1. The first-order chi connectivity index (χ1) is 29.4. The van der Waals surface area contributed by atoms with Gasteiger partial charge in [0.25, 0.3) is 5.91 Å². The molecular weight excluding hydrogens is 798 g/mol. The van der Waals surface area contributed by atoms with Crippen molar-refractivity contribution in [3.8, 4) is 0 Å². The number of nitrogens with two attached hydrogens (primary N) is 1. The maximum absolute atomic E-state index is 14.3. The minimum atomic E-state index is -1.22. The first-order valence-corrected chi connectivity index (χ1v) is 24.5. The molecule has 0 aromatic heterocycles. The number of benzene rings is 1. The van der Waals surface area contributed by atoms with Crippen LogP contribution in [0.1, 0.15) is 164 Å². The number of nitrogens with one attached hydrogen (secondary N) is 2. The summed E-state index contributed by atoms with van der Waals surface area (Å²) in [5.74, 6) is -0.583. The number of unbranched alkanes of at least 4 members (excludes halogenated alkanes) is 1. The summed E-state index contributed by atoms with van der Waals surface area (Å²) in [5.41, 5.74) is 7.94. The van der Waals surface area contributed by atoms with Crippen LogP contribution in [0.5, 0.6) is 0 Å². The van der Waals surface area contributed by atoms with E-state index in [4.69, 9.17) is 22.1 Å². The monoisotopic (exact) mass is 877 g/mol. The van der Waals surface area contributed by atoms with Crippen molar-refractivity contribution in [2.75, 3.05) is 19.6 Å². The second kappa shape index (κ2) is 17.2. The number of carbonyl (C=O) groups is 4. The van der Waals surface area contributed by atoms with Gasteiger partial charge in [0.15, 0.2) is 5.78 Å². The van der Waals surface area contributed by atoms with E-state index < -0.39 is 23.3 Å². The molecule has 5 fully saturated rings. The van der Waals surface area contributed by atoms with Crippen LogP contribution in [-0.2, 0) is 19.1 Å². The molecule has 11 atom stereocenters. The summed E-state index contributed by atoms with van der Waals surface area (Å²) >= 11 is 6.08. The molecule has 6 aliphatic carbocycles. The number of hydrogen-bond donors (Lipinski definition) is 4. The number of halogens is 1. The second-order valence-corrected chi connectivity index (χ2v) is 23.4. The number of fused-ring (bicyclic) bond motifs is 7. The minimum Gasteiger partial charge on any atom is -0.481 e. The molecule has 9 nitrogen and oxygen atoms in total. The smallest absolute Gasteiger partial charge is 0.309 e. The van der Waals surface area contributed by atoms with E-state index in [-0.39, 0.29) is 63.4 Å². The van der Waals surface area contributed by atoms with Gasteiger partial charge in [-0.2, -0.15) is 0 Å². The molecule has 1 aromatic rings. The summed E-state index contributed by atoms with van der Waals surface area (Å²) in [6.07, 6.45) is 11.7. The van der Waals surface area contributed by atoms with Crippen LogP contribution in [0.15, 0.2) is 35.4 Å². The molecule has 1 unspecified atom stereocenters. The lowest BCUT2D eigenvalue weighted by atomic mass is 9.33. The summed E-state index contributed by atoms with van der Waals surface area (Å²) in [7, 11) is 0. The van der Waals surface area contributed by atoms with Gasteiger partial charge in [-0.1, -0.05) is 85.9 Å². The Labute approximate surface area is 378 Å². The number of carboxylic acid groups (broad SMARTS) is 1. The number of ketones is 1. The Morgan fingerprint density at radius 1 is 0.903 bits per heavy atom. The Bertz CT molecular complexity index is 1980. The minimum absolute atomic E-state index is 0.0239. The number of amides is 1. The van der Waals surface area contributed by atoms with Crippen LogP contribution in [0.25, 0.3) is 0 Å². The fourth-order valence-corrected chi connectivity index (χ4v) is 15.4. The van der Waals surface area contributed by atoms with Gasteiger partial charge in [-0.25, -0.2) is 0 Å². The Morgan fingerprint density at radius 2 is 1.61 bits per heavy atom. The summed E-state index contributed by atoms with van der Waals surface area (Å²) in [5, 5.41) is 16.9. The van der Waals surface area contributed by atoms with Gasteiger partial charge in [-0.15, -0.1) is 0 Å². The molecule has 0 saturated heterocycles. The fraction of sp³-hybridized carbons (Fsp3) is 0.769. The van der Waals surface area contributed by atoms with E-state index in [0.29, 0.717) is 66.5 Å². The molecule has 5 saturated carbocycles. The lowest BCUT2D eigenvalue weighted by molar-refractivity contribution is -0.236. The van der Waals surface area contributed by atoms with Gasteiger partial charge < -0.3 is 26.2 Å². The average molecular weight is 878 g/mol. The topological polar surface area (TPSA) is 148 Å². The summed E-state index contributed by atoms with van der Waals surface area (Å²) in [6.45, 7) is 22.0. The van der Waals surface area contributed by atoms with E-state index in [0.717, 1.165) is 76.2 Å². The summed E-state index contributed by atoms with van der Waals surface area (Å²) in [6, 6.07) is 5.51. The van der Waals surface area contributed by atoms with Crippen LogP contribution in [0.2, 0.25) is 5.02 Å². The first-order valence-electron chi connectivity index (χ1n) is 24.6. The van der Waals surface area contributed by atoms with Crippen molar-refractivity contribution >= 4 is 35.2 Å². The highest BCUT2D eigenvalue weighted by molar-refractivity contribution is 6.30. The first kappa shape index (κ1) is 45.8. The van der Waals surface area contributed by atoms with Gasteiger partial charge >= 0.3 is 11.9 Å². The molecule has 1 aromatic carbocycles. The highest BCUT2D eigenvalue weighted by Crippen LogP contribution is 2.77. The number of rotatable bonds is 15. The number of allylic oxidation sites excluding steroid dienone is 2. The van der Waals surface area contributed by atoms with Crippen LogP contribution in [0.4, 0.5) is 0 Å². The van der Waals surface area contributed by atoms with Crippen molar-refractivity contribution in [1.82, 2.24) is 10.6 Å². The van der Waals surface area contributed by atoms with Gasteiger partial charge in [0.05, 0.1) is 13.2 Å². The predicted octanol–water partition coefficient (Wildman–Crippen LogP) is 10.2. The van der Waals surface area contributed by atoms with E-state index in [9.17, 15) is 25.7 Å². The maximum Gasteiger partial charge on any atom is 0.309 e. The van der Waals surface area contributed by atoms with Gasteiger partial charge in [0.2, 0.25) is 0 Å². The van der Waals surface area contributed by atoms with E-state index in [1.165, 1.54) is 5.57 Å². The highest BCUT2D eigenvalue weighted by atomic mass is 35.5. The normalized spacial score (nSPS) is 38.1. The molecule has 0 bridgehead atoms. The zero-order chi connectivity index (χ0) is 46.1. The number of carboxylic acids is 1. The fourth-order valence-electron chi connectivity index (χ4n) is 15.3.